The molecule has 3 atom stereocenters. The molecular weight excluding hydrogens is 465 g/mol. The van der Waals surface area contributed by atoms with Crippen LogP contribution >= 0.6 is 0 Å². The van der Waals surface area contributed by atoms with E-state index in [4.69, 9.17) is 12.3 Å². The zero-order chi connectivity index (χ0) is 21.7. The fourth-order valence-electron chi connectivity index (χ4n) is 4.18. The molecule has 3 unspecified atom stereocenters. The zero-order valence-corrected chi connectivity index (χ0v) is 29.4. The van der Waals surface area contributed by atoms with Gasteiger partial charge in [-0.2, -0.15) is 0 Å². The molecule has 0 saturated heterocycles. The van der Waals surface area contributed by atoms with E-state index < -0.39 is 60.1 Å². The molecule has 0 heterocycles. The van der Waals surface area contributed by atoms with E-state index in [1.165, 1.54) is 22.7 Å². The summed E-state index contributed by atoms with van der Waals surface area (Å²) in [6.45, 7) is 28.9. The monoisotopic (exact) mass is 513 g/mol. The van der Waals surface area contributed by atoms with Gasteiger partial charge in [-0.05, 0) is 82.5 Å². The van der Waals surface area contributed by atoms with Gasteiger partial charge in [-0.1, -0.05) is 18.8 Å². The molecule has 3 nitrogen and oxygen atoms in total. The summed E-state index contributed by atoms with van der Waals surface area (Å²) < 4.78 is 20.0. The Morgan fingerprint density at radius 3 is 1.26 bits per heavy atom. The second kappa shape index (κ2) is 11.3. The molecule has 0 spiro atoms. The SMILES string of the molecule is C[SiH](C[Si](C)(C)O[SiH](C)C[Si](C)(C)O[SiH](C)C[Si](C)(C)C[SiH2])O[Si](C)(C)C. The van der Waals surface area contributed by atoms with Crippen LogP contribution in [0, 0.1) is 0 Å². The first-order valence-electron chi connectivity index (χ1n) is 10.7. The number of hydrogen-bond donors (Lipinski definition) is 0. The Kier molecular flexibility index (Phi) is 12.0. The van der Waals surface area contributed by atoms with E-state index in [1.54, 1.807) is 0 Å². The average molecular weight is 514 g/mol. The van der Waals surface area contributed by atoms with Crippen LogP contribution in [-0.4, -0.2) is 70.4 Å². The van der Waals surface area contributed by atoms with Crippen molar-refractivity contribution in [1.82, 2.24) is 0 Å². The van der Waals surface area contributed by atoms with Gasteiger partial charge in [0.05, 0.1) is 0 Å². The van der Waals surface area contributed by atoms with Gasteiger partial charge in [-0.15, -0.1) is 0 Å². The molecule has 0 bridgehead atoms. The summed E-state index contributed by atoms with van der Waals surface area (Å²) in [5.74, 6) is 0. The molecule has 0 saturated carbocycles. The summed E-state index contributed by atoms with van der Waals surface area (Å²) in [6.07, 6.45) is 0. The van der Waals surface area contributed by atoms with Crippen molar-refractivity contribution >= 4 is 70.4 Å². The summed E-state index contributed by atoms with van der Waals surface area (Å²) >= 11 is 0. The first-order chi connectivity index (χ1) is 11.9. The molecule has 0 amide bonds. The molecule has 0 rings (SSSR count). The van der Waals surface area contributed by atoms with Crippen molar-refractivity contribution in [1.29, 1.82) is 0 Å². The zero-order valence-electron chi connectivity index (χ0n) is 20.5. The van der Waals surface area contributed by atoms with Crippen LogP contribution in [0.15, 0.2) is 0 Å². The van der Waals surface area contributed by atoms with E-state index >= 15 is 0 Å². The highest BCUT2D eigenvalue weighted by atomic mass is 28.5. The topological polar surface area (TPSA) is 27.7 Å². The standard InChI is InChI=1S/C16H49O3Si8/c1-21(14-25(7,8)13-20)18-27(11,12)16-23(3)19-26(9,10)15-22(2)17-24(4,5)6/h21-23H,13-16,20H2,1-12H3. The molecular formula is C16H49O3Si8. The fraction of sp³-hybridized carbons (Fsp3) is 1.00. The highest BCUT2D eigenvalue weighted by Gasteiger charge is 2.35. The molecule has 0 fully saturated rings. The smallest absolute Gasteiger partial charge is 0.172 e. The van der Waals surface area contributed by atoms with Crippen molar-refractivity contribution in [2.75, 3.05) is 0 Å². The average Bonchev–Trinajstić information content (AvgIpc) is 2.31. The Morgan fingerprint density at radius 1 is 0.593 bits per heavy atom. The second-order valence-corrected chi connectivity index (χ2v) is 41.6. The summed E-state index contributed by atoms with van der Waals surface area (Å²) in [4.78, 5) is 0. The molecule has 0 N–H and O–H groups in total. The Hall–Kier alpha value is 1.62. The van der Waals surface area contributed by atoms with Crippen LogP contribution in [-0.2, 0) is 12.3 Å². The van der Waals surface area contributed by atoms with E-state index in [1.807, 2.05) is 0 Å². The molecule has 27 heavy (non-hydrogen) atoms. The Balaban J connectivity index is 4.61. The molecule has 163 valence electrons. The summed E-state index contributed by atoms with van der Waals surface area (Å²) in [7, 11) is -6.75. The molecule has 1 radical (unpaired) electrons. The fourth-order valence-corrected chi connectivity index (χ4v) is 43.4. The van der Waals surface area contributed by atoms with Gasteiger partial charge in [0.2, 0.25) is 0 Å². The van der Waals surface area contributed by atoms with Crippen molar-refractivity contribution in [3.05, 3.63) is 0 Å². The van der Waals surface area contributed by atoms with Crippen LogP contribution in [0.5, 0.6) is 0 Å². The van der Waals surface area contributed by atoms with Crippen LogP contribution in [0.3, 0.4) is 0 Å². The predicted molar refractivity (Wildman–Crippen MR) is 146 cm³/mol. The van der Waals surface area contributed by atoms with Crippen molar-refractivity contribution in [2.24, 2.45) is 0 Å². The van der Waals surface area contributed by atoms with E-state index in [2.05, 4.69) is 88.8 Å². The van der Waals surface area contributed by atoms with Crippen molar-refractivity contribution < 1.29 is 12.3 Å². The molecule has 0 aromatic rings. The summed E-state index contributed by atoms with van der Waals surface area (Å²) in [5.41, 5.74) is 5.35. The summed E-state index contributed by atoms with van der Waals surface area (Å²) in [5, 5.41) is 0. The second-order valence-electron chi connectivity index (χ2n) is 11.4. The lowest BCUT2D eigenvalue weighted by atomic mass is 11.7. The minimum Gasteiger partial charge on any atom is -0.458 e. The van der Waals surface area contributed by atoms with Gasteiger partial charge in [0, 0.05) is 18.3 Å². The van der Waals surface area contributed by atoms with Crippen LogP contribution < -0.4 is 0 Å². The maximum absolute atomic E-state index is 6.79. The van der Waals surface area contributed by atoms with Gasteiger partial charge in [0.25, 0.3) is 0 Å². The number of rotatable bonds is 13. The normalized spacial score (nSPS) is 17.7. The van der Waals surface area contributed by atoms with Crippen molar-refractivity contribution in [2.45, 2.75) is 101 Å². The Morgan fingerprint density at radius 2 is 0.926 bits per heavy atom. The third-order valence-electron chi connectivity index (χ3n) is 4.67. The quantitative estimate of drug-likeness (QED) is 0.344. The lowest BCUT2D eigenvalue weighted by molar-refractivity contribution is 0.546. The molecule has 0 aliphatic heterocycles. The van der Waals surface area contributed by atoms with Crippen molar-refractivity contribution in [3.63, 3.8) is 0 Å². The lowest BCUT2D eigenvalue weighted by Crippen LogP contribution is -2.48. The molecule has 0 aromatic carbocycles. The largest absolute Gasteiger partial charge is 0.458 e. The van der Waals surface area contributed by atoms with Gasteiger partial charge in [-0.3, -0.25) is 0 Å². The molecule has 0 aliphatic carbocycles. The summed E-state index contributed by atoms with van der Waals surface area (Å²) in [6, 6.07) is 0. The van der Waals surface area contributed by atoms with E-state index in [0.717, 1.165) is 0 Å². The third kappa shape index (κ3) is 15.1. The molecule has 0 aliphatic rings. The molecule has 0 aromatic heterocycles. The first kappa shape index (κ1) is 28.6. The predicted octanol–water partition coefficient (Wildman–Crippen LogP) is 4.26. The van der Waals surface area contributed by atoms with Gasteiger partial charge >= 0.3 is 0 Å². The van der Waals surface area contributed by atoms with Gasteiger partial charge in [-0.25, -0.2) is 0 Å². The lowest BCUT2D eigenvalue weighted by Gasteiger charge is -2.35. The molecule has 11 heteroatoms. The van der Waals surface area contributed by atoms with E-state index in [-0.39, 0.29) is 0 Å². The van der Waals surface area contributed by atoms with E-state index in [0.29, 0.717) is 0 Å². The highest BCUT2D eigenvalue weighted by molar-refractivity contribution is 6.94. The van der Waals surface area contributed by atoms with Crippen LogP contribution in [0.4, 0.5) is 0 Å². The minimum absolute atomic E-state index is 1.00. The maximum atomic E-state index is 6.79. The van der Waals surface area contributed by atoms with Crippen LogP contribution in [0.2, 0.25) is 101 Å². The Bertz CT molecular complexity index is 440. The number of hydrogen-bond acceptors (Lipinski definition) is 3. The van der Waals surface area contributed by atoms with Gasteiger partial charge < -0.3 is 12.3 Å². The van der Waals surface area contributed by atoms with Crippen LogP contribution in [0.25, 0.3) is 0 Å². The van der Waals surface area contributed by atoms with E-state index in [9.17, 15) is 0 Å². The minimum atomic E-state index is -1.61. The first-order valence-corrected chi connectivity index (χ1v) is 32.1. The third-order valence-corrected chi connectivity index (χ3v) is 42.0. The van der Waals surface area contributed by atoms with Crippen LogP contribution in [0.1, 0.15) is 0 Å². The highest BCUT2D eigenvalue weighted by Crippen LogP contribution is 2.24. The Labute approximate surface area is 183 Å². The van der Waals surface area contributed by atoms with Gasteiger partial charge in [0.15, 0.2) is 52.1 Å². The van der Waals surface area contributed by atoms with Crippen molar-refractivity contribution in [3.8, 4) is 0 Å². The van der Waals surface area contributed by atoms with Gasteiger partial charge in [0.1, 0.15) is 0 Å². The maximum Gasteiger partial charge on any atom is 0.172 e.